The summed E-state index contributed by atoms with van der Waals surface area (Å²) in [7, 11) is -6.08. The molecule has 0 spiro atoms. The molecule has 0 aliphatic heterocycles. The van der Waals surface area contributed by atoms with Gasteiger partial charge in [0.2, 0.25) is 0 Å². The van der Waals surface area contributed by atoms with Crippen LogP contribution in [0.2, 0.25) is 0 Å². The summed E-state index contributed by atoms with van der Waals surface area (Å²) in [5.74, 6) is 0. The van der Waals surface area contributed by atoms with E-state index in [-0.39, 0.29) is 36.3 Å². The predicted molar refractivity (Wildman–Crippen MR) is 276 cm³/mol. The number of hydrogen-bond donors (Lipinski definition) is 0. The molecule has 0 N–H and O–H groups in total. The lowest BCUT2D eigenvalue weighted by Gasteiger charge is -2.34. The zero-order chi connectivity index (χ0) is 47.7. The molecule has 0 radical (unpaired) electrons. The van der Waals surface area contributed by atoms with Gasteiger partial charge in [-0.05, 0) is 89.9 Å². The molecule has 12 rings (SSSR count). The number of aromatic nitrogens is 2. The Morgan fingerprint density at radius 3 is 0.750 bits per heavy atom. The number of rotatable bonds is 10. The highest BCUT2D eigenvalue weighted by Crippen LogP contribution is 2.42. The molecule has 64 heavy (non-hydrogen) atoms. The van der Waals surface area contributed by atoms with Crippen molar-refractivity contribution in [2.24, 2.45) is 0 Å². The van der Waals surface area contributed by atoms with E-state index in [2.05, 4.69) is 170 Å². The van der Waals surface area contributed by atoms with Crippen molar-refractivity contribution in [2.75, 3.05) is 0 Å². The molecule has 10 aromatic carbocycles. The molecule has 2 nitrogen and oxygen atoms in total. The average molecular weight is 855 g/mol. The van der Waals surface area contributed by atoms with Crippen LogP contribution in [0.25, 0.3) is 44.2 Å². The van der Waals surface area contributed by atoms with Gasteiger partial charge in [0.25, 0.3) is 0 Å². The predicted octanol–water partition coefficient (Wildman–Crippen LogP) is 8.92. The van der Waals surface area contributed by atoms with Crippen LogP contribution in [0.15, 0.2) is 267 Å². The van der Waals surface area contributed by atoms with Crippen LogP contribution in [0.5, 0.6) is 0 Å². The third-order valence-corrected chi connectivity index (χ3v) is 22.7. The standard InChI is InChI=1S/C60H44N2Si2/c1-7-25-47(26-8-1)63(48-27-9-2-10-28-48,49-29-11-3-12-30-49)53-37-19-23-45(43-53)61-55-39-21-41-57-59(55)60-56(61)40-22-42-58(60)62(57)46-24-20-38-54(44-46)64(50-31-13-4-14-32-50,51-33-15-5-16-34-51)52-35-17-6-18-36-52/h1-44H/i21D,22D,39D,40D,41D,42D. The number of benzene rings is 10. The Bertz CT molecular complexity index is 3360. The van der Waals surface area contributed by atoms with Gasteiger partial charge in [-0.1, -0.05) is 218 Å². The fraction of sp³-hybridized carbons (Fsp3) is 0. The van der Waals surface area contributed by atoms with Crippen molar-refractivity contribution in [1.29, 1.82) is 0 Å². The van der Waals surface area contributed by atoms with Gasteiger partial charge in [-0.25, -0.2) is 0 Å². The summed E-state index contributed by atoms with van der Waals surface area (Å²) in [5.41, 5.74) is 2.82. The van der Waals surface area contributed by atoms with Gasteiger partial charge < -0.3 is 9.13 Å². The van der Waals surface area contributed by atoms with Crippen molar-refractivity contribution in [3.05, 3.63) is 267 Å². The molecule has 0 saturated heterocycles. The highest BCUT2D eigenvalue weighted by atomic mass is 28.3. The lowest BCUT2D eigenvalue weighted by Crippen LogP contribution is -2.74. The van der Waals surface area contributed by atoms with Crippen molar-refractivity contribution in [3.63, 3.8) is 0 Å². The quantitative estimate of drug-likeness (QED) is 0.0962. The monoisotopic (exact) mass is 854 g/mol. The fourth-order valence-corrected chi connectivity index (χ4v) is 20.1. The highest BCUT2D eigenvalue weighted by Gasteiger charge is 2.43. The molecule has 0 unspecified atom stereocenters. The van der Waals surface area contributed by atoms with Crippen LogP contribution in [0.3, 0.4) is 0 Å². The van der Waals surface area contributed by atoms with Crippen LogP contribution >= 0.6 is 0 Å². The second kappa shape index (κ2) is 15.5. The Morgan fingerprint density at radius 1 is 0.266 bits per heavy atom. The van der Waals surface area contributed by atoms with Crippen LogP contribution in [0.1, 0.15) is 8.22 Å². The highest BCUT2D eigenvalue weighted by molar-refractivity contribution is 7.20. The summed E-state index contributed by atoms with van der Waals surface area (Å²) in [5, 5.41) is 10.4. The van der Waals surface area contributed by atoms with Gasteiger partial charge >= 0.3 is 0 Å². The normalized spacial score (nSPS) is 13.4. The lowest BCUT2D eigenvalue weighted by atomic mass is 10.2. The second-order valence-corrected chi connectivity index (χ2v) is 24.0. The van der Waals surface area contributed by atoms with Gasteiger partial charge in [-0.15, -0.1) is 0 Å². The summed E-state index contributed by atoms with van der Waals surface area (Å²) < 4.78 is 61.6. The van der Waals surface area contributed by atoms with Crippen molar-refractivity contribution in [3.8, 4) is 11.4 Å². The second-order valence-electron chi connectivity index (χ2n) is 16.4. The van der Waals surface area contributed by atoms with Gasteiger partial charge in [0.05, 0.1) is 30.3 Å². The Labute approximate surface area is 384 Å². The molecule has 0 aliphatic rings. The fourth-order valence-electron chi connectivity index (χ4n) is 10.5. The van der Waals surface area contributed by atoms with Gasteiger partial charge in [-0.3, -0.25) is 0 Å². The molecule has 302 valence electrons. The first-order valence-electron chi connectivity index (χ1n) is 24.7. The minimum absolute atomic E-state index is 0.147. The van der Waals surface area contributed by atoms with Gasteiger partial charge in [0.15, 0.2) is 16.1 Å². The van der Waals surface area contributed by atoms with Crippen molar-refractivity contribution >= 4 is 90.5 Å². The van der Waals surface area contributed by atoms with Crippen LogP contribution in [0, 0.1) is 0 Å². The summed E-state index contributed by atoms with van der Waals surface area (Å²) in [6.07, 6.45) is 0. The smallest absolute Gasteiger partial charge is 0.179 e. The molecule has 0 aliphatic carbocycles. The number of nitrogens with zero attached hydrogens (tertiary/aromatic N) is 2. The SMILES string of the molecule is [2H]c1c([2H])c2c3c4c(c([2H])c([2H])c([2H])c4n(-c4cccc([Si](c5ccccc5)(c5ccccc5)c5ccccc5)c4)c3c1[2H])n2-c1cccc([Si](c2ccccc2)(c2ccccc2)c2ccccc2)c1. The van der Waals surface area contributed by atoms with Gasteiger partial charge in [-0.2, -0.15) is 0 Å². The van der Waals surface area contributed by atoms with Crippen LogP contribution in [-0.4, -0.2) is 25.3 Å². The molecule has 2 heterocycles. The Balaban J connectivity index is 1.17. The minimum Gasteiger partial charge on any atom is -0.309 e. The maximum absolute atomic E-state index is 9.71. The van der Waals surface area contributed by atoms with Crippen LogP contribution < -0.4 is 41.5 Å². The molecule has 2 aromatic heterocycles. The van der Waals surface area contributed by atoms with E-state index in [4.69, 9.17) is 0 Å². The molecule has 0 atom stereocenters. The summed E-state index contributed by atoms with van der Waals surface area (Å²) in [6.45, 7) is 0. The molecular weight excluding hydrogens is 805 g/mol. The summed E-state index contributed by atoms with van der Waals surface area (Å²) in [4.78, 5) is 0. The van der Waals surface area contributed by atoms with Crippen LogP contribution in [0.4, 0.5) is 0 Å². The summed E-state index contributed by atoms with van der Waals surface area (Å²) >= 11 is 0. The Hall–Kier alpha value is -7.77. The van der Waals surface area contributed by atoms with E-state index >= 15 is 0 Å². The van der Waals surface area contributed by atoms with E-state index in [0.29, 0.717) is 44.2 Å². The topological polar surface area (TPSA) is 9.86 Å². The maximum atomic E-state index is 9.71. The minimum atomic E-state index is -3.04. The average Bonchev–Trinajstić information content (AvgIpc) is 3.96. The van der Waals surface area contributed by atoms with Crippen molar-refractivity contribution < 1.29 is 8.22 Å². The Kier molecular flexibility index (Phi) is 7.77. The lowest BCUT2D eigenvalue weighted by molar-refractivity contribution is 1.16. The summed E-state index contributed by atoms with van der Waals surface area (Å²) in [6, 6.07) is 79.4. The zero-order valence-corrected chi connectivity index (χ0v) is 36.8. The zero-order valence-electron chi connectivity index (χ0n) is 40.8. The van der Waals surface area contributed by atoms with Gasteiger partial charge in [0.1, 0.15) is 0 Å². The van der Waals surface area contributed by atoms with E-state index in [1.807, 2.05) is 69.8 Å². The van der Waals surface area contributed by atoms with E-state index in [1.165, 1.54) is 31.1 Å². The van der Waals surface area contributed by atoms with Crippen molar-refractivity contribution in [2.45, 2.75) is 0 Å². The Morgan fingerprint density at radius 2 is 0.500 bits per heavy atom. The van der Waals surface area contributed by atoms with E-state index in [1.54, 1.807) is 0 Å². The van der Waals surface area contributed by atoms with Crippen LogP contribution in [-0.2, 0) is 0 Å². The maximum Gasteiger partial charge on any atom is 0.179 e. The van der Waals surface area contributed by atoms with E-state index < -0.39 is 16.1 Å². The molecule has 0 bridgehead atoms. The van der Waals surface area contributed by atoms with E-state index in [0.717, 1.165) is 10.4 Å². The number of hydrogen-bond acceptors (Lipinski definition) is 0. The first-order valence-corrected chi connectivity index (χ1v) is 25.7. The molecule has 0 saturated carbocycles. The van der Waals surface area contributed by atoms with Crippen molar-refractivity contribution in [1.82, 2.24) is 9.13 Å². The third-order valence-electron chi connectivity index (χ3n) is 13.1. The third kappa shape index (κ3) is 5.70. The largest absolute Gasteiger partial charge is 0.309 e. The molecular formula is C60H44N2Si2. The molecule has 0 fully saturated rings. The first-order chi connectivity index (χ1) is 34.3. The molecule has 4 heteroatoms. The first kappa shape index (κ1) is 32.0. The molecule has 12 aromatic rings. The van der Waals surface area contributed by atoms with Gasteiger partial charge in [0, 0.05) is 22.1 Å². The van der Waals surface area contributed by atoms with E-state index in [9.17, 15) is 8.22 Å². The molecule has 0 amide bonds.